The molecule has 0 fully saturated rings. The summed E-state index contributed by atoms with van der Waals surface area (Å²) in [5, 5.41) is 32.1. The molecule has 0 saturated carbocycles. The number of nitrogens with zero attached hydrogens (tertiary/aromatic N) is 20. The summed E-state index contributed by atoms with van der Waals surface area (Å²) in [5.74, 6) is -3.28. The maximum atomic E-state index is 13.5. The lowest BCUT2D eigenvalue weighted by Gasteiger charge is -2.22. The Hall–Kier alpha value is -11.2. The second kappa shape index (κ2) is 33.1. The Labute approximate surface area is 663 Å². The van der Waals surface area contributed by atoms with Gasteiger partial charge in [0.05, 0.1) is 108 Å². The number of hydrogen-bond acceptors (Lipinski definition) is 12. The van der Waals surface area contributed by atoms with Crippen LogP contribution in [0.3, 0.4) is 0 Å². The van der Waals surface area contributed by atoms with Gasteiger partial charge in [0, 0.05) is 46.4 Å². The number of hydrogen-bond donors (Lipinski definition) is 0. The number of rotatable bonds is 0. The van der Waals surface area contributed by atoms with Gasteiger partial charge in [0.25, 0.3) is 0 Å². The molecule has 20 nitrogen and oxygen atoms in total. The molecule has 0 radical (unpaired) electrons. The first kappa shape index (κ1) is 86.8. The molecule has 0 N–H and O–H groups in total. The minimum absolute atomic E-state index is 0.00387. The van der Waals surface area contributed by atoms with Crippen molar-refractivity contribution < 1.29 is 26.3 Å². The summed E-state index contributed by atoms with van der Waals surface area (Å²) in [6, 6.07) is 38.4. The molecule has 0 saturated heterocycles. The smallest absolute Gasteiger partial charge is 0.161 e. The fourth-order valence-electron chi connectivity index (χ4n) is 12.4. The summed E-state index contributed by atoms with van der Waals surface area (Å²) >= 11 is 0. The van der Waals surface area contributed by atoms with Crippen LogP contribution < -0.4 is 0 Å². The van der Waals surface area contributed by atoms with Crippen LogP contribution in [-0.4, -0.2) is 98.2 Å². The van der Waals surface area contributed by atoms with Crippen molar-refractivity contribution in [3.8, 4) is 0 Å². The van der Waals surface area contributed by atoms with E-state index in [1.165, 1.54) is 68.3 Å². The summed E-state index contributed by atoms with van der Waals surface area (Å²) in [6.45, 7) is 58.3. The van der Waals surface area contributed by atoms with Crippen LogP contribution in [0.4, 0.5) is 26.3 Å². The number of aryl methyl sites for hydroxylation is 4. The molecule has 16 rings (SSSR count). The fourth-order valence-corrected chi connectivity index (χ4v) is 12.4. The second-order valence-corrected chi connectivity index (χ2v) is 36.3. The van der Waals surface area contributed by atoms with E-state index < -0.39 is 28.8 Å². The summed E-state index contributed by atoms with van der Waals surface area (Å²) in [4.78, 5) is 17.1. The molecule has 0 unspecified atom stereocenters. The van der Waals surface area contributed by atoms with E-state index in [1.807, 2.05) is 136 Å². The molecular formula is C88H110F6N20. The quantitative estimate of drug-likeness (QED) is 0.131. The third-order valence-corrected chi connectivity index (χ3v) is 18.3. The molecule has 8 aromatic carbocycles. The lowest BCUT2D eigenvalue weighted by molar-refractivity contribution is 0.355. The van der Waals surface area contributed by atoms with E-state index in [0.717, 1.165) is 62.3 Å². The van der Waals surface area contributed by atoms with Crippen molar-refractivity contribution in [1.82, 2.24) is 98.2 Å². The molecule has 0 aliphatic rings. The first-order valence-electron chi connectivity index (χ1n) is 37.9. The zero-order valence-electron chi connectivity index (χ0n) is 71.2. The summed E-state index contributed by atoms with van der Waals surface area (Å²) < 4.78 is 94.0. The Kier molecular flexibility index (Phi) is 25.2. The Bertz CT molecular complexity index is 5600. The van der Waals surface area contributed by atoms with E-state index >= 15 is 0 Å². The van der Waals surface area contributed by atoms with E-state index in [2.05, 4.69) is 232 Å². The van der Waals surface area contributed by atoms with Gasteiger partial charge in [0.15, 0.2) is 28.8 Å². The van der Waals surface area contributed by atoms with Crippen molar-refractivity contribution in [2.45, 2.75) is 238 Å². The highest BCUT2D eigenvalue weighted by molar-refractivity contribution is 5.84. The average Bonchev–Trinajstić information content (AvgIpc) is 1.64. The van der Waals surface area contributed by atoms with E-state index in [-0.39, 0.29) is 61.4 Å². The lowest BCUT2D eigenvalue weighted by atomic mass is 10.1. The molecule has 0 aliphatic heterocycles. The van der Waals surface area contributed by atoms with Crippen LogP contribution in [0, 0.1) is 62.6 Å². The Balaban J connectivity index is 0.000000149. The predicted molar refractivity (Wildman–Crippen MR) is 448 cm³/mol. The number of para-hydroxylation sites is 3. The van der Waals surface area contributed by atoms with Gasteiger partial charge in [-0.05, 0) is 277 Å². The summed E-state index contributed by atoms with van der Waals surface area (Å²) in [5.41, 5.74) is 17.6. The van der Waals surface area contributed by atoms with Gasteiger partial charge in [-0.25, -0.2) is 65.0 Å². The van der Waals surface area contributed by atoms with Gasteiger partial charge < -0.3 is 18.3 Å². The monoisotopic (exact) mass is 1560 g/mol. The third kappa shape index (κ3) is 20.1. The van der Waals surface area contributed by atoms with Gasteiger partial charge in [-0.3, -0.25) is 0 Å². The van der Waals surface area contributed by atoms with Crippen LogP contribution in [0.1, 0.15) is 188 Å². The van der Waals surface area contributed by atoms with E-state index in [0.29, 0.717) is 22.1 Å². The Morgan fingerprint density at radius 1 is 0.237 bits per heavy atom. The zero-order valence-corrected chi connectivity index (χ0v) is 71.2. The highest BCUT2D eigenvalue weighted by atomic mass is 19.2. The van der Waals surface area contributed by atoms with Gasteiger partial charge >= 0.3 is 0 Å². The van der Waals surface area contributed by atoms with Gasteiger partial charge in [-0.1, -0.05) is 69.4 Å². The van der Waals surface area contributed by atoms with Crippen molar-refractivity contribution in [3.05, 3.63) is 216 Å². The van der Waals surface area contributed by atoms with Crippen molar-refractivity contribution >= 4 is 88.3 Å². The van der Waals surface area contributed by atoms with E-state index in [4.69, 9.17) is 0 Å². The maximum absolute atomic E-state index is 13.5. The first-order valence-corrected chi connectivity index (χ1v) is 37.9. The Morgan fingerprint density at radius 2 is 0.596 bits per heavy atom. The molecule has 604 valence electrons. The van der Waals surface area contributed by atoms with Crippen molar-refractivity contribution in [2.75, 3.05) is 0 Å². The first-order chi connectivity index (χ1) is 52.8. The van der Waals surface area contributed by atoms with Gasteiger partial charge in [0.2, 0.25) is 0 Å². The normalized spacial score (nSPS) is 12.3. The predicted octanol–water partition coefficient (Wildman–Crippen LogP) is 22.0. The molecule has 8 heterocycles. The molecule has 26 heteroatoms. The molecule has 0 bridgehead atoms. The zero-order chi connectivity index (χ0) is 84.5. The highest BCUT2D eigenvalue weighted by Crippen LogP contribution is 2.32. The molecule has 0 aliphatic carbocycles. The number of benzene rings is 8. The minimum Gasteiger partial charge on any atom is -0.325 e. The average molecular weight is 1560 g/mol. The molecule has 8 aromatic heterocycles. The number of aromatic nitrogens is 20. The highest BCUT2D eigenvalue weighted by Gasteiger charge is 2.26. The summed E-state index contributed by atoms with van der Waals surface area (Å²) in [6.07, 6.45) is 7.21. The second-order valence-electron chi connectivity index (χ2n) is 36.3. The van der Waals surface area contributed by atoms with Crippen LogP contribution >= 0.6 is 0 Å². The topological polar surface area (TPSA) is 194 Å². The molecular weight excluding hydrogens is 1450 g/mol. The van der Waals surface area contributed by atoms with Crippen LogP contribution in [0.5, 0.6) is 0 Å². The third-order valence-electron chi connectivity index (χ3n) is 18.3. The molecule has 16 aromatic rings. The van der Waals surface area contributed by atoms with Crippen LogP contribution in [0.25, 0.3) is 88.3 Å². The molecule has 0 atom stereocenters. The van der Waals surface area contributed by atoms with Crippen LogP contribution in [-0.2, 0) is 44.3 Å². The molecule has 0 spiro atoms. The number of halogens is 6. The molecule has 0 amide bonds. The van der Waals surface area contributed by atoms with Gasteiger partial charge in [0.1, 0.15) is 33.7 Å². The van der Waals surface area contributed by atoms with Crippen molar-refractivity contribution in [1.29, 1.82) is 0 Å². The standard InChI is InChI=1S/C13H18N2.C12H17N3.C11H12F2N2.C11H13FN2.C11H14N2.C10H11F2N3.C10H12FN3.C10H13N3/c1-9-6-7-10(2)12-11(9)14-8-15(12)13(3,4)5;1-8-6-7-9(2)11-10(8)13-14-15(11)12(3,4)5;1-11(2,3)15-6-14-9-4-7(12)8(13)5-10(9)15;1-11(2,3)14-7-13-9-6-8(12)4-5-10(9)14;1-11(2,3)13-8-12-9-6-4-5-7-10(9)13;1-10(2,3)15-9-7(12)5-4-6(11)8(9)13-14-15;1-10(2,3)14-9-5-4-7(11)6-8(9)12-13-14;1-10(2,3)13-9-7-5-4-6-8(9)11-12-13/h6-8H,1-5H3;6-7H,1-5H3;4-6H,1-3H3;4-7H,1-3H3;4-8H,1-3H3;4-5H,1-3H3;4-6H,1-3H3;4-7H,1-3H3. The van der Waals surface area contributed by atoms with Crippen LogP contribution in [0.15, 0.2) is 159 Å². The number of imidazole rings is 4. The Morgan fingerprint density at radius 3 is 1.11 bits per heavy atom. The van der Waals surface area contributed by atoms with Gasteiger partial charge in [-0.15, -0.1) is 20.4 Å². The fraction of sp³-hybridized carbons (Fsp3) is 0.409. The minimum atomic E-state index is -0.860. The van der Waals surface area contributed by atoms with Crippen molar-refractivity contribution in [3.63, 3.8) is 0 Å². The molecule has 114 heavy (non-hydrogen) atoms. The number of fused-ring (bicyclic) bond motifs is 8. The SMILES string of the molecule is CC(C)(C)n1cnc2cc(F)c(F)cc21.CC(C)(C)n1cnc2cc(F)ccc21.CC(C)(C)n1cnc2ccccc21.CC(C)(C)n1nnc2c(F)ccc(F)c21.CC(C)(C)n1nnc2cc(F)ccc21.CC(C)(C)n1nnc2ccccc21.Cc1ccc(C)c2c1ncn2C(C)(C)C.Cc1ccc(C)c2c1nnn2C(C)(C)C. The van der Waals surface area contributed by atoms with Crippen LogP contribution in [0.2, 0.25) is 0 Å². The van der Waals surface area contributed by atoms with Gasteiger partial charge in [-0.2, -0.15) is 0 Å². The van der Waals surface area contributed by atoms with E-state index in [9.17, 15) is 26.3 Å². The lowest BCUT2D eigenvalue weighted by Crippen LogP contribution is -2.23. The maximum Gasteiger partial charge on any atom is 0.161 e. The largest absolute Gasteiger partial charge is 0.325 e. The van der Waals surface area contributed by atoms with E-state index in [1.54, 1.807) is 29.5 Å². The summed E-state index contributed by atoms with van der Waals surface area (Å²) in [7, 11) is 0. The van der Waals surface area contributed by atoms with Crippen molar-refractivity contribution in [2.24, 2.45) is 0 Å².